The van der Waals surface area contributed by atoms with Gasteiger partial charge in [0.05, 0.1) is 6.61 Å². The first-order valence-corrected chi connectivity index (χ1v) is 5.88. The van der Waals surface area contributed by atoms with Crippen molar-refractivity contribution in [2.24, 2.45) is 0 Å². The molecular weight excluding hydrogens is 190 g/mol. The van der Waals surface area contributed by atoms with Gasteiger partial charge in [-0.25, -0.2) is 9.45 Å². The SMILES string of the molecule is CCCCCOOP(=O)(O)Cl. The lowest BCUT2D eigenvalue weighted by Crippen LogP contribution is -1.92. The van der Waals surface area contributed by atoms with Gasteiger partial charge in [-0.1, -0.05) is 19.8 Å². The second-order valence-corrected chi connectivity index (χ2v) is 4.39. The highest BCUT2D eigenvalue weighted by atomic mass is 35.7. The Labute approximate surface area is 70.7 Å². The minimum Gasteiger partial charge on any atom is -0.311 e. The van der Waals surface area contributed by atoms with Gasteiger partial charge in [0.2, 0.25) is 0 Å². The lowest BCUT2D eigenvalue weighted by Gasteiger charge is -2.02. The number of unbranched alkanes of at least 4 members (excludes halogenated alkanes) is 2. The molecular formula is C5H12ClO4P. The van der Waals surface area contributed by atoms with Crippen LogP contribution in [0, 0.1) is 0 Å². The Balaban J connectivity index is 3.09. The van der Waals surface area contributed by atoms with Crippen LogP contribution in [0.25, 0.3) is 0 Å². The molecule has 0 aromatic heterocycles. The van der Waals surface area contributed by atoms with Crippen LogP contribution in [0.15, 0.2) is 0 Å². The third kappa shape index (κ3) is 10.4. The van der Waals surface area contributed by atoms with Gasteiger partial charge in [-0.15, -0.1) is 4.67 Å². The highest BCUT2D eigenvalue weighted by Gasteiger charge is 2.14. The predicted octanol–water partition coefficient (Wildman–Crippen LogP) is 2.46. The summed E-state index contributed by atoms with van der Waals surface area (Å²) < 4.78 is 14.2. The van der Waals surface area contributed by atoms with E-state index in [4.69, 9.17) is 16.1 Å². The molecule has 0 spiro atoms. The van der Waals surface area contributed by atoms with Gasteiger partial charge < -0.3 is 4.89 Å². The molecule has 0 radical (unpaired) electrons. The molecule has 0 saturated carbocycles. The molecule has 0 aromatic rings. The summed E-state index contributed by atoms with van der Waals surface area (Å²) in [5.74, 6) is 0. The number of hydrogen-bond donors (Lipinski definition) is 1. The Kier molecular flexibility index (Phi) is 6.19. The summed E-state index contributed by atoms with van der Waals surface area (Å²) in [4.78, 5) is 12.7. The Morgan fingerprint density at radius 3 is 2.64 bits per heavy atom. The smallest absolute Gasteiger partial charge is 0.311 e. The van der Waals surface area contributed by atoms with Crippen molar-refractivity contribution in [2.45, 2.75) is 26.2 Å². The van der Waals surface area contributed by atoms with E-state index in [-0.39, 0.29) is 0 Å². The largest absolute Gasteiger partial charge is 0.448 e. The van der Waals surface area contributed by atoms with E-state index in [0.29, 0.717) is 6.61 Å². The van der Waals surface area contributed by atoms with Crippen LogP contribution in [-0.4, -0.2) is 11.5 Å². The maximum atomic E-state index is 10.2. The third-order valence-electron chi connectivity index (χ3n) is 0.976. The van der Waals surface area contributed by atoms with Gasteiger partial charge in [-0.05, 0) is 6.42 Å². The second kappa shape index (κ2) is 5.98. The number of hydrogen-bond acceptors (Lipinski definition) is 3. The first-order chi connectivity index (χ1) is 5.06. The average molecular weight is 203 g/mol. The van der Waals surface area contributed by atoms with Gasteiger partial charge in [0.1, 0.15) is 0 Å². The Hall–Kier alpha value is 0.400. The zero-order chi connectivity index (χ0) is 8.74. The van der Waals surface area contributed by atoms with Gasteiger partial charge in [0.15, 0.2) is 0 Å². The maximum absolute atomic E-state index is 10.2. The van der Waals surface area contributed by atoms with Gasteiger partial charge >= 0.3 is 6.95 Å². The third-order valence-corrected chi connectivity index (χ3v) is 1.43. The van der Waals surface area contributed by atoms with Crippen molar-refractivity contribution in [2.75, 3.05) is 6.61 Å². The summed E-state index contributed by atoms with van der Waals surface area (Å²) in [5, 5.41) is 0. The molecule has 0 saturated heterocycles. The van der Waals surface area contributed by atoms with Crippen LogP contribution in [0.1, 0.15) is 26.2 Å². The summed E-state index contributed by atoms with van der Waals surface area (Å²) in [5.41, 5.74) is 0. The second-order valence-electron chi connectivity index (χ2n) is 2.06. The number of halogens is 1. The van der Waals surface area contributed by atoms with E-state index in [1.54, 1.807) is 0 Å². The highest BCUT2D eigenvalue weighted by Crippen LogP contribution is 2.47. The molecule has 0 amide bonds. The van der Waals surface area contributed by atoms with Crippen molar-refractivity contribution in [3.8, 4) is 0 Å². The predicted molar refractivity (Wildman–Crippen MR) is 42.2 cm³/mol. The first kappa shape index (κ1) is 11.4. The van der Waals surface area contributed by atoms with E-state index >= 15 is 0 Å². The van der Waals surface area contributed by atoms with E-state index in [1.165, 1.54) is 0 Å². The van der Waals surface area contributed by atoms with Crippen LogP contribution >= 0.6 is 18.2 Å². The Bertz CT molecular complexity index is 134. The molecule has 4 nitrogen and oxygen atoms in total. The van der Waals surface area contributed by atoms with Crippen molar-refractivity contribution in [1.29, 1.82) is 0 Å². The Morgan fingerprint density at radius 1 is 1.55 bits per heavy atom. The fourth-order valence-electron chi connectivity index (χ4n) is 0.513. The molecule has 0 fully saturated rings. The average Bonchev–Trinajstić information content (AvgIpc) is 1.85. The molecule has 11 heavy (non-hydrogen) atoms. The van der Waals surface area contributed by atoms with E-state index < -0.39 is 6.95 Å². The molecule has 6 heteroatoms. The first-order valence-electron chi connectivity index (χ1n) is 3.40. The molecule has 0 aliphatic carbocycles. The summed E-state index contributed by atoms with van der Waals surface area (Å²) in [6, 6.07) is 0. The van der Waals surface area contributed by atoms with Crippen LogP contribution in [0.3, 0.4) is 0 Å². The van der Waals surface area contributed by atoms with Crippen LogP contribution in [0.4, 0.5) is 0 Å². The summed E-state index contributed by atoms with van der Waals surface area (Å²) in [6.45, 7) is -1.63. The van der Waals surface area contributed by atoms with Gasteiger partial charge in [-0.3, -0.25) is 0 Å². The molecule has 1 atom stereocenters. The van der Waals surface area contributed by atoms with Crippen molar-refractivity contribution >= 4 is 18.2 Å². The van der Waals surface area contributed by atoms with Crippen molar-refractivity contribution in [3.05, 3.63) is 0 Å². The van der Waals surface area contributed by atoms with Crippen molar-refractivity contribution < 1.29 is 19.0 Å². The molecule has 0 aliphatic rings. The fraction of sp³-hybridized carbons (Fsp3) is 1.00. The summed E-state index contributed by atoms with van der Waals surface area (Å²) >= 11 is 4.81. The van der Waals surface area contributed by atoms with E-state index in [9.17, 15) is 4.57 Å². The molecule has 0 bridgehead atoms. The van der Waals surface area contributed by atoms with E-state index in [1.807, 2.05) is 6.92 Å². The van der Waals surface area contributed by atoms with Crippen molar-refractivity contribution in [1.82, 2.24) is 0 Å². The molecule has 0 aliphatic heterocycles. The van der Waals surface area contributed by atoms with Gasteiger partial charge in [0, 0.05) is 11.2 Å². The molecule has 0 rings (SSSR count). The van der Waals surface area contributed by atoms with Gasteiger partial charge in [0.25, 0.3) is 0 Å². The quantitative estimate of drug-likeness (QED) is 0.311. The van der Waals surface area contributed by atoms with E-state index in [0.717, 1.165) is 19.3 Å². The fourth-order valence-corrected chi connectivity index (χ4v) is 0.837. The van der Waals surface area contributed by atoms with Gasteiger partial charge in [-0.2, -0.15) is 0 Å². The molecule has 0 aromatic carbocycles. The molecule has 1 N–H and O–H groups in total. The standard InChI is InChI=1S/C5H12ClO4P/c1-2-3-4-5-9-10-11(6,7)8/h2-5H2,1H3,(H,7,8). The lowest BCUT2D eigenvalue weighted by molar-refractivity contribution is -0.210. The lowest BCUT2D eigenvalue weighted by atomic mass is 10.3. The number of rotatable bonds is 6. The van der Waals surface area contributed by atoms with Crippen molar-refractivity contribution in [3.63, 3.8) is 0 Å². The maximum Gasteiger partial charge on any atom is 0.448 e. The van der Waals surface area contributed by atoms with Crippen LogP contribution in [0.5, 0.6) is 0 Å². The molecule has 68 valence electrons. The van der Waals surface area contributed by atoms with E-state index in [2.05, 4.69) is 9.56 Å². The Morgan fingerprint density at radius 2 is 2.18 bits per heavy atom. The highest BCUT2D eigenvalue weighted by molar-refractivity contribution is 7.80. The van der Waals surface area contributed by atoms with Crippen LogP contribution in [-0.2, 0) is 14.1 Å². The molecule has 1 unspecified atom stereocenters. The van der Waals surface area contributed by atoms with Crippen LogP contribution < -0.4 is 0 Å². The summed E-state index contributed by atoms with van der Waals surface area (Å²) in [6.07, 6.45) is 2.86. The minimum atomic E-state index is -3.96. The minimum absolute atomic E-state index is 0.297. The van der Waals surface area contributed by atoms with Crippen LogP contribution in [0.2, 0.25) is 0 Å². The zero-order valence-corrected chi connectivity index (χ0v) is 7.98. The molecule has 0 heterocycles. The zero-order valence-electron chi connectivity index (χ0n) is 6.33. The topological polar surface area (TPSA) is 55.8 Å². The normalized spacial score (nSPS) is 16.3. The monoisotopic (exact) mass is 202 g/mol. The summed E-state index contributed by atoms with van der Waals surface area (Å²) in [7, 11) is 0.